The van der Waals surface area contributed by atoms with E-state index in [0.717, 1.165) is 0 Å². The minimum absolute atomic E-state index is 0.0596. The first-order valence-corrected chi connectivity index (χ1v) is 4.00. The average Bonchev–Trinajstić information content (AvgIpc) is 2.15. The van der Waals surface area contributed by atoms with Crippen molar-refractivity contribution < 1.29 is 14.6 Å². The van der Waals surface area contributed by atoms with Crippen LogP contribution in [0.5, 0.6) is 5.75 Å². The highest BCUT2D eigenvalue weighted by molar-refractivity contribution is 5.96. The molecule has 0 amide bonds. The normalized spacial score (nSPS) is 9.69. The maximum atomic E-state index is 11.1. The predicted octanol–water partition coefficient (Wildman–Crippen LogP) is 1.06. The number of Topliss-reactive ketones (excluding diaryl/α,β-unsaturated/α-hetero) is 1. The molecular weight excluding hydrogens is 168 g/mol. The molecule has 0 aliphatic rings. The van der Waals surface area contributed by atoms with E-state index in [1.807, 2.05) is 0 Å². The van der Waals surface area contributed by atoms with E-state index in [2.05, 4.69) is 6.07 Å². The van der Waals surface area contributed by atoms with Crippen LogP contribution in [0.3, 0.4) is 0 Å². The highest BCUT2D eigenvalue weighted by Gasteiger charge is 2.06. The molecule has 1 rings (SSSR count). The Labute approximate surface area is 77.0 Å². The summed E-state index contributed by atoms with van der Waals surface area (Å²) < 4.78 is 5.16. The molecule has 0 aromatic heterocycles. The number of aliphatic hydroxyl groups excluding tert-OH is 1. The molecule has 1 radical (unpaired) electrons. The maximum absolute atomic E-state index is 11.1. The molecule has 0 saturated heterocycles. The quantitative estimate of drug-likeness (QED) is 0.703. The van der Waals surface area contributed by atoms with Crippen molar-refractivity contribution in [2.24, 2.45) is 0 Å². The third-order valence-corrected chi connectivity index (χ3v) is 1.55. The van der Waals surface area contributed by atoms with Gasteiger partial charge in [0.1, 0.15) is 12.4 Å². The third kappa shape index (κ3) is 2.56. The van der Waals surface area contributed by atoms with Gasteiger partial charge in [-0.1, -0.05) is 6.07 Å². The van der Waals surface area contributed by atoms with Crippen LogP contribution in [0, 0.1) is 6.07 Å². The van der Waals surface area contributed by atoms with E-state index in [1.54, 1.807) is 18.2 Å². The Kier molecular flexibility index (Phi) is 3.46. The van der Waals surface area contributed by atoms with Crippen molar-refractivity contribution in [2.45, 2.75) is 6.92 Å². The molecule has 0 heterocycles. The summed E-state index contributed by atoms with van der Waals surface area (Å²) in [5, 5.41) is 8.54. The van der Waals surface area contributed by atoms with Gasteiger partial charge < -0.3 is 9.84 Å². The second kappa shape index (κ2) is 4.62. The van der Waals surface area contributed by atoms with Gasteiger partial charge in [-0.2, -0.15) is 0 Å². The van der Waals surface area contributed by atoms with Crippen LogP contribution in [0.4, 0.5) is 0 Å². The van der Waals surface area contributed by atoms with Crippen molar-refractivity contribution in [2.75, 3.05) is 13.2 Å². The van der Waals surface area contributed by atoms with Crippen LogP contribution in [0.1, 0.15) is 17.3 Å². The number of ketones is 1. The first kappa shape index (κ1) is 9.74. The van der Waals surface area contributed by atoms with Gasteiger partial charge in [0.25, 0.3) is 0 Å². The zero-order chi connectivity index (χ0) is 9.68. The van der Waals surface area contributed by atoms with Crippen LogP contribution in [-0.4, -0.2) is 24.1 Å². The Morgan fingerprint density at radius 2 is 2.46 bits per heavy atom. The molecule has 0 atom stereocenters. The van der Waals surface area contributed by atoms with E-state index < -0.39 is 0 Å². The van der Waals surface area contributed by atoms with Crippen LogP contribution in [0.25, 0.3) is 0 Å². The van der Waals surface area contributed by atoms with Gasteiger partial charge in [-0.15, -0.1) is 0 Å². The van der Waals surface area contributed by atoms with Gasteiger partial charge in [-0.25, -0.2) is 0 Å². The van der Waals surface area contributed by atoms with E-state index in [-0.39, 0.29) is 19.0 Å². The van der Waals surface area contributed by atoms with Crippen LogP contribution in [-0.2, 0) is 0 Å². The summed E-state index contributed by atoms with van der Waals surface area (Å²) in [5.41, 5.74) is 0.496. The average molecular weight is 179 g/mol. The Hall–Kier alpha value is -1.35. The SMILES string of the molecule is CC(=O)c1c[c]ccc1OCCO. The zero-order valence-corrected chi connectivity index (χ0v) is 7.41. The Morgan fingerprint density at radius 3 is 3.08 bits per heavy atom. The van der Waals surface area contributed by atoms with Gasteiger partial charge in [0.15, 0.2) is 5.78 Å². The number of carbonyl (C=O) groups excluding carboxylic acids is 1. The van der Waals surface area contributed by atoms with Crippen LogP contribution >= 0.6 is 0 Å². The third-order valence-electron chi connectivity index (χ3n) is 1.55. The fourth-order valence-electron chi connectivity index (χ4n) is 0.973. The molecule has 0 fully saturated rings. The van der Waals surface area contributed by atoms with Crippen molar-refractivity contribution in [3.05, 3.63) is 29.8 Å². The highest BCUT2D eigenvalue weighted by atomic mass is 16.5. The van der Waals surface area contributed by atoms with Crippen molar-refractivity contribution in [1.29, 1.82) is 0 Å². The summed E-state index contributed by atoms with van der Waals surface area (Å²) in [4.78, 5) is 11.1. The highest BCUT2D eigenvalue weighted by Crippen LogP contribution is 2.17. The van der Waals surface area contributed by atoms with Gasteiger partial charge in [0.2, 0.25) is 0 Å². The summed E-state index contributed by atoms with van der Waals surface area (Å²) in [5.74, 6) is 0.435. The van der Waals surface area contributed by atoms with Crippen LogP contribution in [0.2, 0.25) is 0 Å². The van der Waals surface area contributed by atoms with Crippen LogP contribution in [0.15, 0.2) is 18.2 Å². The number of aliphatic hydroxyl groups is 1. The predicted molar refractivity (Wildman–Crippen MR) is 47.9 cm³/mol. The van der Waals surface area contributed by atoms with Crippen molar-refractivity contribution in [3.63, 3.8) is 0 Å². The molecule has 0 aliphatic carbocycles. The van der Waals surface area contributed by atoms with Crippen molar-refractivity contribution >= 4 is 5.78 Å². The first-order chi connectivity index (χ1) is 6.25. The second-order valence-corrected chi connectivity index (χ2v) is 2.55. The standard InChI is InChI=1S/C10H11O3/c1-8(12)9-4-2-3-5-10(9)13-7-6-11/h3-5,11H,6-7H2,1H3. The second-order valence-electron chi connectivity index (χ2n) is 2.55. The Bertz CT molecular complexity index is 294. The molecule has 0 bridgehead atoms. The number of benzene rings is 1. The molecule has 13 heavy (non-hydrogen) atoms. The summed E-state index contributed by atoms with van der Waals surface area (Å²) >= 11 is 0. The van der Waals surface area contributed by atoms with E-state index in [4.69, 9.17) is 9.84 Å². The molecular formula is C10H11O3. The topological polar surface area (TPSA) is 46.5 Å². The van der Waals surface area contributed by atoms with Crippen molar-refractivity contribution in [1.82, 2.24) is 0 Å². The number of rotatable bonds is 4. The minimum Gasteiger partial charge on any atom is -0.490 e. The maximum Gasteiger partial charge on any atom is 0.163 e. The van der Waals surface area contributed by atoms with Gasteiger partial charge in [0, 0.05) is 0 Å². The van der Waals surface area contributed by atoms with Gasteiger partial charge in [0.05, 0.1) is 12.2 Å². The van der Waals surface area contributed by atoms with Crippen molar-refractivity contribution in [3.8, 4) is 5.75 Å². The Morgan fingerprint density at radius 1 is 1.69 bits per heavy atom. The van der Waals surface area contributed by atoms with Gasteiger partial charge >= 0.3 is 0 Å². The lowest BCUT2D eigenvalue weighted by molar-refractivity contribution is 0.101. The smallest absolute Gasteiger partial charge is 0.163 e. The molecule has 1 aromatic rings. The number of hydrogen-bond acceptors (Lipinski definition) is 3. The summed E-state index contributed by atoms with van der Waals surface area (Å²) in [6.07, 6.45) is 0. The fraction of sp³-hybridized carbons (Fsp3) is 0.300. The molecule has 0 saturated carbocycles. The molecule has 0 spiro atoms. The Balaban J connectivity index is 2.84. The summed E-state index contributed by atoms with van der Waals surface area (Å²) in [6.45, 7) is 1.61. The van der Waals surface area contributed by atoms with E-state index in [9.17, 15) is 4.79 Å². The number of carbonyl (C=O) groups is 1. The molecule has 1 N–H and O–H groups in total. The van der Waals surface area contributed by atoms with Gasteiger partial charge in [-0.3, -0.25) is 4.79 Å². The fourth-order valence-corrected chi connectivity index (χ4v) is 0.973. The van der Waals surface area contributed by atoms with Gasteiger partial charge in [-0.05, 0) is 25.1 Å². The van der Waals surface area contributed by atoms with Crippen LogP contribution < -0.4 is 4.74 Å². The lowest BCUT2D eigenvalue weighted by Crippen LogP contribution is -2.05. The lowest BCUT2D eigenvalue weighted by atomic mass is 10.1. The first-order valence-electron chi connectivity index (χ1n) is 4.00. The van der Waals surface area contributed by atoms with E-state index in [0.29, 0.717) is 11.3 Å². The lowest BCUT2D eigenvalue weighted by Gasteiger charge is -2.07. The summed E-state index contributed by atoms with van der Waals surface area (Å²) in [7, 11) is 0. The molecule has 0 unspecified atom stereocenters. The zero-order valence-electron chi connectivity index (χ0n) is 7.41. The molecule has 3 nitrogen and oxygen atoms in total. The number of hydrogen-bond donors (Lipinski definition) is 1. The molecule has 69 valence electrons. The number of ether oxygens (including phenoxy) is 1. The van der Waals surface area contributed by atoms with E-state index in [1.165, 1.54) is 6.92 Å². The summed E-state index contributed by atoms with van der Waals surface area (Å²) in [6, 6.07) is 7.70. The molecule has 0 aliphatic heterocycles. The monoisotopic (exact) mass is 179 g/mol. The minimum atomic E-state index is -0.0650. The van der Waals surface area contributed by atoms with E-state index >= 15 is 0 Å². The molecule has 1 aromatic carbocycles. The largest absolute Gasteiger partial charge is 0.490 e. The molecule has 3 heteroatoms.